The summed E-state index contributed by atoms with van der Waals surface area (Å²) >= 11 is 0. The molecule has 6 nitrogen and oxygen atoms in total. The lowest BCUT2D eigenvalue weighted by atomic mass is 10.1. The molecule has 22 heavy (non-hydrogen) atoms. The zero-order chi connectivity index (χ0) is 15.7. The maximum Gasteiger partial charge on any atom is 0.261 e. The van der Waals surface area contributed by atoms with Crippen molar-refractivity contribution in [2.24, 2.45) is 0 Å². The van der Waals surface area contributed by atoms with Crippen LogP contribution in [0.2, 0.25) is 0 Å². The molecule has 0 radical (unpaired) electrons. The van der Waals surface area contributed by atoms with Crippen LogP contribution in [0.15, 0.2) is 42.7 Å². The Morgan fingerprint density at radius 1 is 1.18 bits per heavy atom. The van der Waals surface area contributed by atoms with Crippen LogP contribution in [0.1, 0.15) is 36.6 Å². The fraction of sp³-hybridized carbons (Fsp3) is 0.125. The second-order valence-electron chi connectivity index (χ2n) is 4.97. The second-order valence-corrected chi connectivity index (χ2v) is 4.97. The van der Waals surface area contributed by atoms with Gasteiger partial charge in [0.25, 0.3) is 17.7 Å². The number of pyridine rings is 1. The molecular formula is C16H13N3O3. The van der Waals surface area contributed by atoms with Crippen molar-refractivity contribution in [1.82, 2.24) is 15.2 Å². The monoisotopic (exact) mass is 295 g/mol. The highest BCUT2D eigenvalue weighted by atomic mass is 16.2. The van der Waals surface area contributed by atoms with Crippen molar-refractivity contribution in [2.75, 3.05) is 7.05 Å². The van der Waals surface area contributed by atoms with Crippen LogP contribution in [-0.4, -0.2) is 34.7 Å². The van der Waals surface area contributed by atoms with Crippen LogP contribution in [0.5, 0.6) is 0 Å². The van der Waals surface area contributed by atoms with Gasteiger partial charge in [0, 0.05) is 31.5 Å². The Balaban J connectivity index is 1.78. The fourth-order valence-corrected chi connectivity index (χ4v) is 2.29. The van der Waals surface area contributed by atoms with Gasteiger partial charge < -0.3 is 5.32 Å². The van der Waals surface area contributed by atoms with Gasteiger partial charge in [0.15, 0.2) is 0 Å². The van der Waals surface area contributed by atoms with E-state index in [1.165, 1.54) is 19.2 Å². The van der Waals surface area contributed by atoms with Crippen LogP contribution in [0.3, 0.4) is 0 Å². The van der Waals surface area contributed by atoms with Gasteiger partial charge >= 0.3 is 0 Å². The van der Waals surface area contributed by atoms with Gasteiger partial charge in [0.1, 0.15) is 0 Å². The number of amides is 3. The molecule has 0 spiro atoms. The molecule has 0 unspecified atom stereocenters. The molecule has 1 aromatic heterocycles. The predicted octanol–water partition coefficient (Wildman–Crippen LogP) is 1.24. The molecule has 3 rings (SSSR count). The molecule has 0 atom stereocenters. The number of nitrogens with zero attached hydrogens (tertiary/aromatic N) is 2. The maximum atomic E-state index is 12.1. The van der Waals surface area contributed by atoms with E-state index in [0.29, 0.717) is 17.7 Å². The zero-order valence-electron chi connectivity index (χ0n) is 11.9. The van der Waals surface area contributed by atoms with Gasteiger partial charge in [-0.15, -0.1) is 0 Å². The number of fused-ring (bicyclic) bond motifs is 1. The fourth-order valence-electron chi connectivity index (χ4n) is 2.29. The quantitative estimate of drug-likeness (QED) is 0.864. The van der Waals surface area contributed by atoms with E-state index in [0.717, 1.165) is 10.5 Å². The molecule has 1 N–H and O–H groups in total. The molecule has 110 valence electrons. The minimum absolute atomic E-state index is 0.265. The van der Waals surface area contributed by atoms with Crippen molar-refractivity contribution < 1.29 is 14.4 Å². The van der Waals surface area contributed by atoms with E-state index < -0.39 is 0 Å². The standard InChI is InChI=1S/C16H13N3O3/c1-19-15(21)12-5-4-11(7-13(12)16(19)22)14(20)18-9-10-3-2-6-17-8-10/h2-8H,9H2,1H3,(H,18,20). The third-order valence-corrected chi connectivity index (χ3v) is 3.53. The molecule has 6 heteroatoms. The number of rotatable bonds is 3. The Kier molecular flexibility index (Phi) is 3.42. The number of hydrogen-bond donors (Lipinski definition) is 1. The van der Waals surface area contributed by atoms with Crippen molar-refractivity contribution in [3.05, 3.63) is 65.0 Å². The van der Waals surface area contributed by atoms with Crippen LogP contribution < -0.4 is 5.32 Å². The minimum atomic E-state index is -0.387. The van der Waals surface area contributed by atoms with E-state index in [2.05, 4.69) is 10.3 Å². The van der Waals surface area contributed by atoms with Crippen LogP contribution in [0.4, 0.5) is 0 Å². The van der Waals surface area contributed by atoms with Crippen molar-refractivity contribution in [3.63, 3.8) is 0 Å². The Bertz CT molecular complexity index is 771. The Hall–Kier alpha value is -3.02. The van der Waals surface area contributed by atoms with Crippen LogP contribution >= 0.6 is 0 Å². The molecule has 1 aliphatic rings. The molecular weight excluding hydrogens is 282 g/mol. The van der Waals surface area contributed by atoms with Gasteiger partial charge in [-0.25, -0.2) is 0 Å². The van der Waals surface area contributed by atoms with E-state index in [1.807, 2.05) is 6.07 Å². The average molecular weight is 295 g/mol. The predicted molar refractivity (Wildman–Crippen MR) is 78.3 cm³/mol. The summed E-state index contributed by atoms with van der Waals surface area (Å²) in [6, 6.07) is 8.15. The minimum Gasteiger partial charge on any atom is -0.348 e. The molecule has 0 saturated heterocycles. The maximum absolute atomic E-state index is 12.1. The zero-order valence-corrected chi connectivity index (χ0v) is 11.9. The molecule has 0 fully saturated rings. The van der Waals surface area contributed by atoms with Crippen molar-refractivity contribution >= 4 is 17.7 Å². The largest absolute Gasteiger partial charge is 0.348 e. The molecule has 0 saturated carbocycles. The van der Waals surface area contributed by atoms with Gasteiger partial charge in [-0.05, 0) is 29.8 Å². The lowest BCUT2D eigenvalue weighted by Gasteiger charge is -2.06. The van der Waals surface area contributed by atoms with Crippen LogP contribution in [0.25, 0.3) is 0 Å². The summed E-state index contributed by atoms with van der Waals surface area (Å²) in [6.07, 6.45) is 3.32. The lowest BCUT2D eigenvalue weighted by molar-refractivity contribution is 0.0693. The highest BCUT2D eigenvalue weighted by Gasteiger charge is 2.33. The van der Waals surface area contributed by atoms with Crippen molar-refractivity contribution in [2.45, 2.75) is 6.54 Å². The highest BCUT2D eigenvalue weighted by Crippen LogP contribution is 2.22. The smallest absolute Gasteiger partial charge is 0.261 e. The number of imide groups is 1. The van der Waals surface area contributed by atoms with Gasteiger partial charge in [0.2, 0.25) is 0 Å². The Morgan fingerprint density at radius 2 is 1.95 bits per heavy atom. The van der Waals surface area contributed by atoms with Gasteiger partial charge in [-0.3, -0.25) is 24.3 Å². The molecule has 3 amide bonds. The number of aromatic nitrogens is 1. The third kappa shape index (κ3) is 2.35. The summed E-state index contributed by atoms with van der Waals surface area (Å²) in [4.78, 5) is 40.9. The number of hydrogen-bond acceptors (Lipinski definition) is 4. The van der Waals surface area contributed by atoms with Crippen LogP contribution in [0, 0.1) is 0 Å². The first-order valence-electron chi connectivity index (χ1n) is 6.71. The van der Waals surface area contributed by atoms with Gasteiger partial charge in [0.05, 0.1) is 11.1 Å². The van der Waals surface area contributed by atoms with Gasteiger partial charge in [-0.1, -0.05) is 6.07 Å². The van der Waals surface area contributed by atoms with E-state index in [9.17, 15) is 14.4 Å². The topological polar surface area (TPSA) is 79.4 Å². The summed E-state index contributed by atoms with van der Waals surface area (Å²) in [5.41, 5.74) is 1.82. The van der Waals surface area contributed by atoms with E-state index in [1.54, 1.807) is 24.5 Å². The first-order valence-corrected chi connectivity index (χ1v) is 6.71. The van der Waals surface area contributed by atoms with Crippen LogP contribution in [-0.2, 0) is 6.54 Å². The molecule has 0 bridgehead atoms. The summed E-state index contributed by atoms with van der Waals surface area (Å²) in [7, 11) is 1.42. The molecule has 1 aromatic carbocycles. The number of benzene rings is 1. The molecule has 2 heterocycles. The SMILES string of the molecule is CN1C(=O)c2ccc(C(=O)NCc3cccnc3)cc2C1=O. The summed E-state index contributed by atoms with van der Waals surface area (Å²) in [5.74, 6) is -1.04. The van der Waals surface area contributed by atoms with Crippen molar-refractivity contribution in [3.8, 4) is 0 Å². The number of carbonyl (C=O) groups is 3. The summed E-state index contributed by atoms with van der Waals surface area (Å²) in [5, 5.41) is 2.75. The molecule has 1 aliphatic heterocycles. The Morgan fingerprint density at radius 3 is 2.68 bits per heavy atom. The average Bonchev–Trinajstić information content (AvgIpc) is 2.78. The number of nitrogens with one attached hydrogen (secondary N) is 1. The normalized spacial score (nSPS) is 13.2. The van der Waals surface area contributed by atoms with Crippen molar-refractivity contribution in [1.29, 1.82) is 0 Å². The first-order chi connectivity index (χ1) is 10.6. The molecule has 2 aromatic rings. The van der Waals surface area contributed by atoms with E-state index in [4.69, 9.17) is 0 Å². The molecule has 0 aliphatic carbocycles. The lowest BCUT2D eigenvalue weighted by Crippen LogP contribution is -2.24. The highest BCUT2D eigenvalue weighted by molar-refractivity contribution is 6.21. The van der Waals surface area contributed by atoms with E-state index >= 15 is 0 Å². The summed E-state index contributed by atoms with van der Waals surface area (Å²) in [6.45, 7) is 0.344. The first kappa shape index (κ1) is 13.9. The Labute approximate surface area is 126 Å². The summed E-state index contributed by atoms with van der Waals surface area (Å²) < 4.78 is 0. The third-order valence-electron chi connectivity index (χ3n) is 3.53. The van der Waals surface area contributed by atoms with Gasteiger partial charge in [-0.2, -0.15) is 0 Å². The second kappa shape index (κ2) is 5.40. The van der Waals surface area contributed by atoms with E-state index in [-0.39, 0.29) is 23.3 Å². The number of carbonyl (C=O) groups excluding carboxylic acids is 3.